The van der Waals surface area contributed by atoms with Crippen LogP contribution in [0.2, 0.25) is 0 Å². The summed E-state index contributed by atoms with van der Waals surface area (Å²) in [5, 5.41) is 9.73. The molecule has 0 radical (unpaired) electrons. The molecule has 0 saturated heterocycles. The molecule has 0 aromatic heterocycles. The average Bonchev–Trinajstić information content (AvgIpc) is 3.75. The second-order valence-electron chi connectivity index (χ2n) is 25.7. The lowest BCUT2D eigenvalue weighted by Gasteiger charge is -2.15. The smallest absolute Gasteiger partial charge is 0.306 e. The molecule has 0 aliphatic carbocycles. The van der Waals surface area contributed by atoms with Crippen molar-refractivity contribution in [3.63, 3.8) is 0 Å². The second-order valence-corrected chi connectivity index (χ2v) is 25.7. The van der Waals surface area contributed by atoms with Gasteiger partial charge < -0.3 is 14.6 Å². The Morgan fingerprint density at radius 3 is 0.652 bits per heavy atom. The zero-order chi connectivity index (χ0) is 66.1. The predicted molar refractivity (Wildman–Crippen MR) is 407 cm³/mol. The summed E-state index contributed by atoms with van der Waals surface area (Å²) in [6, 6.07) is 0. The first-order valence-electron chi connectivity index (χ1n) is 39.0. The van der Waals surface area contributed by atoms with Crippen molar-refractivity contribution in [3.05, 3.63) is 158 Å². The van der Waals surface area contributed by atoms with E-state index in [0.29, 0.717) is 12.8 Å². The minimum atomic E-state index is -0.783. The van der Waals surface area contributed by atoms with Gasteiger partial charge in [-0.2, -0.15) is 0 Å². The summed E-state index contributed by atoms with van der Waals surface area (Å²) in [7, 11) is 0. The lowest BCUT2D eigenvalue weighted by molar-refractivity contribution is -0.161. The van der Waals surface area contributed by atoms with Gasteiger partial charge in [-0.05, 0) is 122 Å². The Bertz CT molecular complexity index is 1930. The van der Waals surface area contributed by atoms with E-state index < -0.39 is 6.10 Å². The highest BCUT2D eigenvalue weighted by Gasteiger charge is 2.16. The third kappa shape index (κ3) is 78.0. The number of ether oxygens (including phenoxy) is 2. The van der Waals surface area contributed by atoms with Gasteiger partial charge >= 0.3 is 11.9 Å². The number of hydrogen-bond donors (Lipinski definition) is 1. The number of carbonyl (C=O) groups is 2. The Morgan fingerprint density at radius 1 is 0.250 bits per heavy atom. The van der Waals surface area contributed by atoms with Crippen LogP contribution in [0.15, 0.2) is 158 Å². The first kappa shape index (κ1) is 87.5. The van der Waals surface area contributed by atoms with Crippen LogP contribution in [0.4, 0.5) is 0 Å². The molecule has 0 fully saturated rings. The van der Waals surface area contributed by atoms with Crippen molar-refractivity contribution in [2.45, 2.75) is 367 Å². The number of unbranched alkanes of at least 4 members (excludes halogenated alkanes) is 37. The van der Waals surface area contributed by atoms with Gasteiger partial charge in [-0.1, -0.05) is 384 Å². The van der Waals surface area contributed by atoms with Gasteiger partial charge in [0.1, 0.15) is 6.61 Å². The molecule has 5 heteroatoms. The van der Waals surface area contributed by atoms with E-state index in [9.17, 15) is 14.7 Å². The Morgan fingerprint density at radius 2 is 0.435 bits per heavy atom. The van der Waals surface area contributed by atoms with E-state index in [1.54, 1.807) is 0 Å². The maximum absolute atomic E-state index is 12.4. The number of carbonyl (C=O) groups excluding carboxylic acids is 2. The molecular weight excluding hydrogens is 1120 g/mol. The van der Waals surface area contributed by atoms with Crippen molar-refractivity contribution in [3.8, 4) is 0 Å². The molecule has 0 spiro atoms. The topological polar surface area (TPSA) is 72.8 Å². The van der Waals surface area contributed by atoms with Gasteiger partial charge in [0.15, 0.2) is 6.10 Å². The largest absolute Gasteiger partial charge is 0.462 e. The summed E-state index contributed by atoms with van der Waals surface area (Å²) in [6.45, 7) is 3.94. The molecule has 524 valence electrons. The van der Waals surface area contributed by atoms with E-state index in [0.717, 1.165) is 122 Å². The van der Waals surface area contributed by atoms with Gasteiger partial charge in [-0.25, -0.2) is 0 Å². The maximum Gasteiger partial charge on any atom is 0.306 e. The summed E-state index contributed by atoms with van der Waals surface area (Å²) in [5.74, 6) is -0.586. The summed E-state index contributed by atoms with van der Waals surface area (Å²) < 4.78 is 10.8. The molecule has 0 aromatic rings. The fraction of sp³-hybridized carbons (Fsp3) is 0.678. The van der Waals surface area contributed by atoms with Crippen molar-refractivity contribution in [2.24, 2.45) is 0 Å². The Labute approximate surface area is 571 Å². The summed E-state index contributed by atoms with van der Waals surface area (Å²) >= 11 is 0. The van der Waals surface area contributed by atoms with Gasteiger partial charge in [0.2, 0.25) is 0 Å². The van der Waals surface area contributed by atoms with E-state index in [4.69, 9.17) is 9.47 Å². The van der Waals surface area contributed by atoms with Crippen molar-refractivity contribution >= 4 is 11.9 Å². The van der Waals surface area contributed by atoms with Gasteiger partial charge in [-0.3, -0.25) is 9.59 Å². The first-order chi connectivity index (χ1) is 45.6. The third-order valence-corrected chi connectivity index (χ3v) is 16.8. The molecule has 1 N–H and O–H groups in total. The second kappa shape index (κ2) is 80.8. The van der Waals surface area contributed by atoms with Crippen LogP contribution in [0.25, 0.3) is 0 Å². The van der Waals surface area contributed by atoms with Gasteiger partial charge in [0.25, 0.3) is 0 Å². The van der Waals surface area contributed by atoms with Gasteiger partial charge in [0.05, 0.1) is 6.61 Å². The van der Waals surface area contributed by atoms with Crippen LogP contribution in [-0.2, 0) is 19.1 Å². The standard InChI is InChI=1S/C87H146O5/c1-3-5-7-9-11-13-15-17-19-21-23-25-27-29-31-33-35-37-39-41-43-45-47-49-51-53-55-57-59-61-63-65-67-69-71-73-75-77-79-81-86(89)91-84-85(83-88)92-87(90)82-80-78-76-74-72-70-68-66-64-62-60-58-56-54-52-50-48-46-44-42-40-38-36-34-32-30-28-26-24-22-20-18-16-14-12-10-8-6-4-2/h5-8,11-14,17-20,23-26,30,32,36,38,42,44,48,50,54,56,85,88H,3-4,9-10,15-16,21-22,27-29,31,33-35,37,39-41,43,45-47,49,51-53,55,57-84H2,1-2H3/b7-5-,8-6-,13-11-,14-12-,19-17-,20-18-,25-23-,26-24-,32-30-,38-36-,44-42-,50-48-,56-54-. The minimum absolute atomic E-state index is 0.0700. The zero-order valence-electron chi connectivity index (χ0n) is 60.3. The van der Waals surface area contributed by atoms with E-state index in [1.165, 1.54) is 212 Å². The number of aliphatic hydroxyl groups excluding tert-OH is 1. The van der Waals surface area contributed by atoms with Crippen molar-refractivity contribution in [1.82, 2.24) is 0 Å². The highest BCUT2D eigenvalue weighted by molar-refractivity contribution is 5.70. The SMILES string of the molecule is CC/C=C\C/C=C\C/C=C\C/C=C\C/C=C\C/C=C\C/C=C\C/C=C\C/C=C\CCCCCCCCCCCCCC(=O)OC(CO)COC(=O)CCCCCCCCCCCCCCCCCCCCCCCCCCCC/C=C\C/C=C\C/C=C\C/C=C\CC. The molecular formula is C87H146O5. The molecule has 0 aliphatic heterocycles. The summed E-state index contributed by atoms with van der Waals surface area (Å²) in [4.78, 5) is 24.7. The number of esters is 2. The monoisotopic (exact) mass is 1270 g/mol. The van der Waals surface area contributed by atoms with Crippen LogP contribution >= 0.6 is 0 Å². The number of allylic oxidation sites excluding steroid dienone is 26. The maximum atomic E-state index is 12.4. The molecule has 1 atom stereocenters. The van der Waals surface area contributed by atoms with Crippen molar-refractivity contribution in [2.75, 3.05) is 13.2 Å². The Balaban J connectivity index is 3.47. The number of rotatable bonds is 71. The van der Waals surface area contributed by atoms with Crippen LogP contribution in [0.3, 0.4) is 0 Å². The van der Waals surface area contributed by atoms with Crippen molar-refractivity contribution < 1.29 is 24.2 Å². The summed E-state index contributed by atoms with van der Waals surface area (Å²) in [6.07, 6.45) is 123. The molecule has 0 aromatic carbocycles. The third-order valence-electron chi connectivity index (χ3n) is 16.8. The van der Waals surface area contributed by atoms with Crippen LogP contribution < -0.4 is 0 Å². The molecule has 5 nitrogen and oxygen atoms in total. The molecule has 0 bridgehead atoms. The van der Waals surface area contributed by atoms with E-state index >= 15 is 0 Å². The van der Waals surface area contributed by atoms with Gasteiger partial charge in [-0.15, -0.1) is 0 Å². The normalized spacial score (nSPS) is 13.1. The van der Waals surface area contributed by atoms with Crippen molar-refractivity contribution in [1.29, 1.82) is 0 Å². The van der Waals surface area contributed by atoms with E-state index in [2.05, 4.69) is 172 Å². The Hall–Kier alpha value is -4.48. The van der Waals surface area contributed by atoms with Crippen LogP contribution in [0.1, 0.15) is 361 Å². The summed E-state index contributed by atoms with van der Waals surface area (Å²) in [5.41, 5.74) is 0. The quantitative estimate of drug-likeness (QED) is 0.0373. The molecule has 0 heterocycles. The fourth-order valence-corrected chi connectivity index (χ4v) is 11.1. The lowest BCUT2D eigenvalue weighted by atomic mass is 10.0. The number of aliphatic hydroxyl groups is 1. The molecule has 0 amide bonds. The highest BCUT2D eigenvalue weighted by Crippen LogP contribution is 2.18. The minimum Gasteiger partial charge on any atom is -0.462 e. The highest BCUT2D eigenvalue weighted by atomic mass is 16.6. The average molecular weight is 1270 g/mol. The zero-order valence-corrected chi connectivity index (χ0v) is 60.3. The van der Waals surface area contributed by atoms with E-state index in [-0.39, 0.29) is 25.2 Å². The van der Waals surface area contributed by atoms with Crippen LogP contribution in [-0.4, -0.2) is 36.4 Å². The van der Waals surface area contributed by atoms with Crippen LogP contribution in [0, 0.1) is 0 Å². The molecule has 0 aliphatic rings. The molecule has 1 unspecified atom stereocenters. The fourth-order valence-electron chi connectivity index (χ4n) is 11.1. The number of hydrogen-bond acceptors (Lipinski definition) is 5. The van der Waals surface area contributed by atoms with Crippen LogP contribution in [0.5, 0.6) is 0 Å². The Kier molecular flexibility index (Phi) is 76.8. The molecule has 0 rings (SSSR count). The van der Waals surface area contributed by atoms with E-state index in [1.807, 2.05) is 0 Å². The van der Waals surface area contributed by atoms with Gasteiger partial charge in [0, 0.05) is 12.8 Å². The molecule has 0 saturated carbocycles. The first-order valence-corrected chi connectivity index (χ1v) is 39.0. The lowest BCUT2D eigenvalue weighted by Crippen LogP contribution is -2.28. The predicted octanol–water partition coefficient (Wildman–Crippen LogP) is 27.8. The molecule has 92 heavy (non-hydrogen) atoms.